The number of fused-ring (bicyclic) bond motifs is 3. The summed E-state index contributed by atoms with van der Waals surface area (Å²) in [7, 11) is 0. The zero-order chi connectivity index (χ0) is 22.7. The maximum absolute atomic E-state index is 4.71. The van der Waals surface area contributed by atoms with Gasteiger partial charge in [0.2, 0.25) is 0 Å². The summed E-state index contributed by atoms with van der Waals surface area (Å²) in [6.45, 7) is 16.4. The molecule has 0 aliphatic carbocycles. The molecule has 2 aromatic carbocycles. The predicted octanol–water partition coefficient (Wildman–Crippen LogP) is 7.93. The Morgan fingerprint density at radius 2 is 1.78 bits per heavy atom. The second-order valence-electron chi connectivity index (χ2n) is 10.4. The third-order valence-corrected chi connectivity index (χ3v) is 8.37. The molecule has 2 aromatic heterocycles. The summed E-state index contributed by atoms with van der Waals surface area (Å²) in [5.74, 6) is 0. The first-order valence-electron chi connectivity index (χ1n) is 12.5. The highest BCUT2D eigenvalue weighted by Crippen LogP contribution is 2.49. The van der Waals surface area contributed by atoms with E-state index in [1.807, 2.05) is 0 Å². The standard InChI is InChI=1S/C30H37N2/c1-7-10-11-18-29(5,6)23-15-16-25-26(20-23)31-19-17-22-13-12-14-24-27(22)28(31)32(25)21(4)30(24,8-2)9-3/h12-17,19-20H,4,7-11,18H2,1-3,5-6H3/q+1. The van der Waals surface area contributed by atoms with Crippen molar-refractivity contribution in [2.24, 2.45) is 0 Å². The summed E-state index contributed by atoms with van der Waals surface area (Å²) in [5.41, 5.74) is 8.09. The van der Waals surface area contributed by atoms with Crippen molar-refractivity contribution < 1.29 is 4.40 Å². The van der Waals surface area contributed by atoms with E-state index in [-0.39, 0.29) is 10.8 Å². The predicted molar refractivity (Wildman–Crippen MR) is 137 cm³/mol. The smallest absolute Gasteiger partial charge is 0.194 e. The highest BCUT2D eigenvalue weighted by atomic mass is 15.1. The molecule has 0 unspecified atom stereocenters. The number of rotatable bonds is 7. The lowest BCUT2D eigenvalue weighted by atomic mass is 9.70. The van der Waals surface area contributed by atoms with Gasteiger partial charge in [-0.15, -0.1) is 0 Å². The van der Waals surface area contributed by atoms with Gasteiger partial charge < -0.3 is 0 Å². The van der Waals surface area contributed by atoms with Gasteiger partial charge in [0, 0.05) is 0 Å². The fourth-order valence-electron chi connectivity index (χ4n) is 6.20. The van der Waals surface area contributed by atoms with Gasteiger partial charge in [-0.25, -0.2) is 0 Å². The van der Waals surface area contributed by atoms with E-state index in [9.17, 15) is 0 Å². The summed E-state index contributed by atoms with van der Waals surface area (Å²) in [6.07, 6.45) is 9.47. The molecule has 4 aromatic rings. The van der Waals surface area contributed by atoms with Crippen LogP contribution in [0.25, 0.3) is 33.2 Å². The van der Waals surface area contributed by atoms with Crippen LogP contribution in [0.3, 0.4) is 0 Å². The first kappa shape index (κ1) is 21.2. The fourth-order valence-corrected chi connectivity index (χ4v) is 6.20. The molecule has 0 saturated heterocycles. The molecule has 166 valence electrons. The maximum atomic E-state index is 4.71. The van der Waals surface area contributed by atoms with Gasteiger partial charge >= 0.3 is 0 Å². The molecule has 0 bridgehead atoms. The van der Waals surface area contributed by atoms with Crippen LogP contribution >= 0.6 is 0 Å². The Hall–Kier alpha value is -2.61. The molecule has 0 amide bonds. The molecular formula is C30H37N2+. The van der Waals surface area contributed by atoms with Crippen LogP contribution in [0.15, 0.2) is 55.2 Å². The molecule has 0 saturated carbocycles. The average molecular weight is 426 g/mol. The minimum absolute atomic E-state index is 0.0224. The van der Waals surface area contributed by atoms with Crippen molar-refractivity contribution in [2.45, 2.75) is 84.0 Å². The first-order valence-corrected chi connectivity index (χ1v) is 12.5. The number of unbranched alkanes of at least 4 members (excludes halogenated alkanes) is 2. The first-order chi connectivity index (χ1) is 15.4. The fraction of sp³-hybridized carbons (Fsp3) is 0.433. The average Bonchev–Trinajstić information content (AvgIpc) is 3.14. The van der Waals surface area contributed by atoms with Crippen LogP contribution in [0.5, 0.6) is 0 Å². The molecule has 1 aliphatic rings. The second kappa shape index (κ2) is 7.47. The summed E-state index contributed by atoms with van der Waals surface area (Å²) >= 11 is 0. The van der Waals surface area contributed by atoms with E-state index in [2.05, 4.69) is 92.2 Å². The van der Waals surface area contributed by atoms with Crippen LogP contribution in [0, 0.1) is 0 Å². The van der Waals surface area contributed by atoms with E-state index in [1.54, 1.807) is 0 Å². The molecule has 0 spiro atoms. The van der Waals surface area contributed by atoms with Crippen molar-refractivity contribution in [2.75, 3.05) is 0 Å². The molecule has 0 N–H and O–H groups in total. The Bertz CT molecular complexity index is 1350. The zero-order valence-corrected chi connectivity index (χ0v) is 20.5. The highest BCUT2D eigenvalue weighted by Gasteiger charge is 2.44. The number of hydrogen-bond acceptors (Lipinski definition) is 0. The summed E-state index contributed by atoms with van der Waals surface area (Å²) in [4.78, 5) is 0. The SMILES string of the molecule is C=C1n2c3ccc(C(C)(C)CCCCC)cc3[n+]3ccc4cccc(c4c23)C1(CC)CC. The van der Waals surface area contributed by atoms with Gasteiger partial charge in [-0.3, -0.25) is 0 Å². The summed E-state index contributed by atoms with van der Waals surface area (Å²) in [5, 5.41) is 2.72. The molecule has 0 radical (unpaired) electrons. The van der Waals surface area contributed by atoms with Crippen molar-refractivity contribution in [3.05, 3.63) is 66.4 Å². The lowest BCUT2D eigenvalue weighted by Gasteiger charge is -2.35. The molecule has 0 atom stereocenters. The monoisotopic (exact) mass is 425 g/mol. The highest BCUT2D eigenvalue weighted by molar-refractivity contribution is 6.03. The molecule has 0 fully saturated rings. The van der Waals surface area contributed by atoms with E-state index >= 15 is 0 Å². The normalized spacial score (nSPS) is 15.5. The van der Waals surface area contributed by atoms with Crippen molar-refractivity contribution >= 4 is 33.2 Å². The number of benzene rings is 2. The van der Waals surface area contributed by atoms with Crippen LogP contribution in [0.4, 0.5) is 0 Å². The van der Waals surface area contributed by atoms with Crippen molar-refractivity contribution in [3.8, 4) is 0 Å². The molecule has 3 heterocycles. The third kappa shape index (κ3) is 2.74. The van der Waals surface area contributed by atoms with Gasteiger partial charge in [0.1, 0.15) is 5.70 Å². The number of imidazole rings is 1. The lowest BCUT2D eigenvalue weighted by molar-refractivity contribution is -0.480. The zero-order valence-electron chi connectivity index (χ0n) is 20.5. The largest absolute Gasteiger partial charge is 0.300 e. The van der Waals surface area contributed by atoms with Gasteiger partial charge in [0.25, 0.3) is 5.65 Å². The molecule has 2 heteroatoms. The van der Waals surface area contributed by atoms with Crippen LogP contribution in [-0.2, 0) is 10.8 Å². The van der Waals surface area contributed by atoms with Crippen LogP contribution in [-0.4, -0.2) is 4.57 Å². The third-order valence-electron chi connectivity index (χ3n) is 8.37. The van der Waals surface area contributed by atoms with Gasteiger partial charge in [0.15, 0.2) is 11.0 Å². The quantitative estimate of drug-likeness (QED) is 0.210. The Labute approximate surface area is 192 Å². The maximum Gasteiger partial charge on any atom is 0.300 e. The molecule has 2 nitrogen and oxygen atoms in total. The number of aromatic nitrogens is 2. The lowest BCUT2D eigenvalue weighted by Crippen LogP contribution is -2.34. The second-order valence-corrected chi connectivity index (χ2v) is 10.4. The Kier molecular flexibility index (Phi) is 4.96. The summed E-state index contributed by atoms with van der Waals surface area (Å²) < 4.78 is 4.87. The number of hydrogen-bond donors (Lipinski definition) is 0. The number of nitrogens with zero attached hydrogens (tertiary/aromatic N) is 2. The molecular weight excluding hydrogens is 388 g/mol. The van der Waals surface area contributed by atoms with E-state index in [4.69, 9.17) is 6.58 Å². The van der Waals surface area contributed by atoms with Gasteiger partial charge in [-0.1, -0.05) is 84.7 Å². The van der Waals surface area contributed by atoms with E-state index in [0.717, 1.165) is 12.8 Å². The van der Waals surface area contributed by atoms with Crippen molar-refractivity contribution in [1.82, 2.24) is 4.57 Å². The Morgan fingerprint density at radius 1 is 1.00 bits per heavy atom. The van der Waals surface area contributed by atoms with Gasteiger partial charge in [-0.05, 0) is 59.4 Å². The number of allylic oxidation sites excluding steroid dienone is 1. The molecule has 5 rings (SSSR count). The van der Waals surface area contributed by atoms with E-state index in [1.165, 1.54) is 70.0 Å². The number of pyridine rings is 1. The Morgan fingerprint density at radius 3 is 2.50 bits per heavy atom. The van der Waals surface area contributed by atoms with Crippen molar-refractivity contribution in [3.63, 3.8) is 0 Å². The minimum Gasteiger partial charge on any atom is -0.194 e. The van der Waals surface area contributed by atoms with Crippen LogP contribution in [0.1, 0.15) is 84.3 Å². The van der Waals surface area contributed by atoms with Crippen LogP contribution in [0.2, 0.25) is 0 Å². The summed E-state index contributed by atoms with van der Waals surface area (Å²) in [6, 6.07) is 16.3. The van der Waals surface area contributed by atoms with E-state index in [0.29, 0.717) is 0 Å². The minimum atomic E-state index is -0.0224. The molecule has 1 aliphatic heterocycles. The molecule has 32 heavy (non-hydrogen) atoms. The van der Waals surface area contributed by atoms with Crippen LogP contribution < -0.4 is 4.40 Å². The Balaban J connectivity index is 1.83. The van der Waals surface area contributed by atoms with Gasteiger partial charge in [0.05, 0.1) is 17.0 Å². The van der Waals surface area contributed by atoms with Crippen molar-refractivity contribution in [1.29, 1.82) is 0 Å². The van der Waals surface area contributed by atoms with E-state index < -0.39 is 0 Å². The van der Waals surface area contributed by atoms with Gasteiger partial charge in [-0.2, -0.15) is 8.97 Å². The topological polar surface area (TPSA) is 9.03 Å².